The van der Waals surface area contributed by atoms with Crippen molar-refractivity contribution in [1.82, 2.24) is 16.0 Å². The lowest BCUT2D eigenvalue weighted by atomic mass is 9.92. The molecule has 0 aromatic rings. The summed E-state index contributed by atoms with van der Waals surface area (Å²) in [6.45, 7) is 8.54. The lowest BCUT2D eigenvalue weighted by Crippen LogP contribution is -2.55. The first-order valence-corrected chi connectivity index (χ1v) is 11.6. The van der Waals surface area contributed by atoms with Gasteiger partial charge >= 0.3 is 0 Å². The molecule has 0 spiro atoms. The van der Waals surface area contributed by atoms with Gasteiger partial charge in [-0.15, -0.1) is 0 Å². The van der Waals surface area contributed by atoms with Crippen molar-refractivity contribution >= 4 is 27.6 Å². The van der Waals surface area contributed by atoms with Crippen LogP contribution in [0.25, 0.3) is 0 Å². The second-order valence-corrected chi connectivity index (χ2v) is 11.6. The highest BCUT2D eigenvalue weighted by Crippen LogP contribution is 2.37. The van der Waals surface area contributed by atoms with Crippen molar-refractivity contribution in [2.75, 3.05) is 12.3 Å². The van der Waals surface area contributed by atoms with Gasteiger partial charge in [-0.05, 0) is 44.9 Å². The Labute approximate surface area is 167 Å². The van der Waals surface area contributed by atoms with E-state index in [1.165, 1.54) is 6.92 Å². The molecule has 0 bridgehead atoms. The molecule has 1 heterocycles. The number of amides is 3. The second kappa shape index (κ2) is 8.39. The van der Waals surface area contributed by atoms with E-state index in [0.717, 1.165) is 12.8 Å². The smallest absolute Gasteiger partial charge is 0.243 e. The van der Waals surface area contributed by atoms with Crippen LogP contribution in [0.3, 0.4) is 0 Å². The first-order valence-electron chi connectivity index (χ1n) is 9.94. The van der Waals surface area contributed by atoms with Gasteiger partial charge in [0.2, 0.25) is 17.7 Å². The molecule has 1 saturated carbocycles. The summed E-state index contributed by atoms with van der Waals surface area (Å²) in [4.78, 5) is 36.6. The number of carbonyl (C=O) groups excluding carboxylic acids is 3. The summed E-state index contributed by atoms with van der Waals surface area (Å²) in [7, 11) is -3.28. The van der Waals surface area contributed by atoms with E-state index in [4.69, 9.17) is 0 Å². The maximum Gasteiger partial charge on any atom is 0.243 e. The Bertz CT molecular complexity index is 728. The van der Waals surface area contributed by atoms with Gasteiger partial charge in [-0.1, -0.05) is 13.8 Å². The summed E-state index contributed by atoms with van der Waals surface area (Å²) in [6.07, 6.45) is 2.26. The Balaban J connectivity index is 1.97. The summed E-state index contributed by atoms with van der Waals surface area (Å²) in [5.74, 6) is -1.16. The second-order valence-electron chi connectivity index (χ2n) is 8.88. The van der Waals surface area contributed by atoms with Crippen LogP contribution in [0.15, 0.2) is 0 Å². The number of hydrogen-bond donors (Lipinski definition) is 3. The molecule has 2 fully saturated rings. The number of hydrogen-bond acceptors (Lipinski definition) is 5. The number of nitrogens with one attached hydrogen (secondary N) is 3. The normalized spacial score (nSPS) is 25.0. The molecule has 0 radical (unpaired) electrons. The zero-order valence-electron chi connectivity index (χ0n) is 17.4. The number of carbonyl (C=O) groups is 3. The van der Waals surface area contributed by atoms with E-state index < -0.39 is 26.5 Å². The summed E-state index contributed by atoms with van der Waals surface area (Å²) in [5, 5.41) is 8.48. The predicted molar refractivity (Wildman–Crippen MR) is 106 cm³/mol. The van der Waals surface area contributed by atoms with Gasteiger partial charge in [0.15, 0.2) is 9.84 Å². The van der Waals surface area contributed by atoms with Crippen LogP contribution in [0.4, 0.5) is 0 Å². The van der Waals surface area contributed by atoms with Gasteiger partial charge < -0.3 is 16.0 Å². The molecule has 9 heteroatoms. The highest BCUT2D eigenvalue weighted by Gasteiger charge is 2.51. The fraction of sp³-hybridized carbons (Fsp3) is 0.842. The van der Waals surface area contributed by atoms with Crippen LogP contribution in [0.5, 0.6) is 0 Å². The SMILES string of the molecule is CC(=O)N[C@@H](C(=O)NC(CNC(=O)C1CCS(=O)(=O)C1(C)C)C1CC1)C(C)C. The lowest BCUT2D eigenvalue weighted by molar-refractivity contribution is -0.130. The van der Waals surface area contributed by atoms with Crippen LogP contribution in [-0.2, 0) is 24.2 Å². The molecular weight excluding hydrogens is 382 g/mol. The van der Waals surface area contributed by atoms with E-state index in [-0.39, 0.29) is 47.9 Å². The summed E-state index contributed by atoms with van der Waals surface area (Å²) in [5.41, 5.74) is 0. The quantitative estimate of drug-likeness (QED) is 0.529. The Hall–Kier alpha value is -1.64. The maximum atomic E-state index is 12.6. The molecule has 2 aliphatic rings. The van der Waals surface area contributed by atoms with Gasteiger partial charge in [0.05, 0.1) is 16.4 Å². The van der Waals surface area contributed by atoms with E-state index in [2.05, 4.69) is 16.0 Å². The lowest BCUT2D eigenvalue weighted by Gasteiger charge is -2.27. The minimum atomic E-state index is -3.28. The summed E-state index contributed by atoms with van der Waals surface area (Å²) < 4.78 is 23.2. The van der Waals surface area contributed by atoms with Crippen molar-refractivity contribution in [3.05, 3.63) is 0 Å². The van der Waals surface area contributed by atoms with Crippen LogP contribution in [0, 0.1) is 17.8 Å². The van der Waals surface area contributed by atoms with Crippen molar-refractivity contribution in [1.29, 1.82) is 0 Å². The zero-order valence-corrected chi connectivity index (χ0v) is 18.2. The minimum absolute atomic E-state index is 0.0215. The standard InChI is InChI=1S/C19H33N3O5S/c1-11(2)16(21-12(3)23)18(25)22-15(13-6-7-13)10-20-17(24)14-8-9-28(26,27)19(14,4)5/h11,13-16H,6-10H2,1-5H3,(H,20,24)(H,21,23)(H,22,25)/t14?,15?,16-/m1/s1. The maximum absolute atomic E-state index is 12.6. The Morgan fingerprint density at radius 2 is 1.68 bits per heavy atom. The molecule has 8 nitrogen and oxygen atoms in total. The van der Waals surface area contributed by atoms with Crippen molar-refractivity contribution < 1.29 is 22.8 Å². The van der Waals surface area contributed by atoms with Gasteiger partial charge in [0.1, 0.15) is 6.04 Å². The highest BCUT2D eigenvalue weighted by molar-refractivity contribution is 7.93. The molecule has 0 aromatic heterocycles. The van der Waals surface area contributed by atoms with Gasteiger partial charge in [-0.25, -0.2) is 8.42 Å². The Morgan fingerprint density at radius 3 is 2.11 bits per heavy atom. The average Bonchev–Trinajstić information content (AvgIpc) is 3.37. The van der Waals surface area contributed by atoms with Crippen LogP contribution in [0.2, 0.25) is 0 Å². The molecular formula is C19H33N3O5S. The number of rotatable bonds is 8. The van der Waals surface area contributed by atoms with Crippen molar-refractivity contribution in [3.8, 4) is 0 Å². The molecule has 160 valence electrons. The largest absolute Gasteiger partial charge is 0.354 e. The fourth-order valence-corrected chi connectivity index (χ4v) is 5.47. The molecule has 2 unspecified atom stereocenters. The molecule has 2 rings (SSSR count). The van der Waals surface area contributed by atoms with E-state index in [9.17, 15) is 22.8 Å². The molecule has 3 atom stereocenters. The van der Waals surface area contributed by atoms with Crippen molar-refractivity contribution in [2.45, 2.75) is 70.7 Å². The minimum Gasteiger partial charge on any atom is -0.354 e. The Morgan fingerprint density at radius 1 is 1.07 bits per heavy atom. The van der Waals surface area contributed by atoms with Crippen LogP contribution >= 0.6 is 0 Å². The van der Waals surface area contributed by atoms with Gasteiger partial charge in [-0.2, -0.15) is 0 Å². The van der Waals surface area contributed by atoms with Crippen molar-refractivity contribution in [2.24, 2.45) is 17.8 Å². The third-order valence-corrected chi connectivity index (χ3v) is 8.62. The molecule has 28 heavy (non-hydrogen) atoms. The molecule has 1 aliphatic carbocycles. The van der Waals surface area contributed by atoms with Crippen LogP contribution in [-0.4, -0.2) is 55.3 Å². The highest BCUT2D eigenvalue weighted by atomic mass is 32.2. The van der Waals surface area contributed by atoms with E-state index in [0.29, 0.717) is 6.42 Å². The summed E-state index contributed by atoms with van der Waals surface area (Å²) in [6, 6.07) is -0.860. The third kappa shape index (κ3) is 5.04. The van der Waals surface area contributed by atoms with Gasteiger partial charge in [-0.3, -0.25) is 14.4 Å². The third-order valence-electron chi connectivity index (χ3n) is 5.96. The van der Waals surface area contributed by atoms with Crippen molar-refractivity contribution in [3.63, 3.8) is 0 Å². The van der Waals surface area contributed by atoms with E-state index >= 15 is 0 Å². The first-order chi connectivity index (χ1) is 12.9. The predicted octanol–water partition coefficient (Wildman–Crippen LogP) is 0.371. The van der Waals surface area contributed by atoms with Gasteiger partial charge in [0.25, 0.3) is 0 Å². The average molecular weight is 416 g/mol. The molecule has 1 saturated heterocycles. The summed E-state index contributed by atoms with van der Waals surface area (Å²) >= 11 is 0. The van der Waals surface area contributed by atoms with Crippen LogP contribution in [0.1, 0.15) is 53.9 Å². The Kier molecular flexibility index (Phi) is 6.78. The van der Waals surface area contributed by atoms with E-state index in [1.54, 1.807) is 13.8 Å². The topological polar surface area (TPSA) is 121 Å². The zero-order chi connectivity index (χ0) is 21.3. The molecule has 1 aliphatic heterocycles. The molecule has 0 aromatic carbocycles. The fourth-order valence-electron chi connectivity index (χ4n) is 3.74. The monoisotopic (exact) mass is 415 g/mol. The van der Waals surface area contributed by atoms with E-state index in [1.807, 2.05) is 13.8 Å². The first kappa shape index (κ1) is 22.6. The molecule has 3 N–H and O–H groups in total. The molecule has 3 amide bonds. The van der Waals surface area contributed by atoms with Crippen LogP contribution < -0.4 is 16.0 Å². The van der Waals surface area contributed by atoms with Gasteiger partial charge in [0, 0.05) is 19.5 Å². The number of sulfone groups is 1.